The first-order chi connectivity index (χ1) is 9.86. The summed E-state index contributed by atoms with van der Waals surface area (Å²) in [6, 6.07) is 0. The van der Waals surface area contributed by atoms with Gasteiger partial charge in [-0.25, -0.2) is 0 Å². The Labute approximate surface area is 129 Å². The molecule has 0 fully saturated rings. The lowest BCUT2D eigenvalue weighted by atomic mass is 10.1. The van der Waals surface area contributed by atoms with Crippen molar-refractivity contribution in [1.29, 1.82) is 0 Å². The number of rotatable bonds is 12. The van der Waals surface area contributed by atoms with Crippen molar-refractivity contribution in [2.24, 2.45) is 10.2 Å². The van der Waals surface area contributed by atoms with Crippen LogP contribution in [0.5, 0.6) is 0 Å². The molecule has 0 N–H and O–H groups in total. The third-order valence-electron chi connectivity index (χ3n) is 3.00. The lowest BCUT2D eigenvalue weighted by molar-refractivity contribution is 0.514. The Balaban J connectivity index is 1.93. The maximum absolute atomic E-state index is 4.13. The summed E-state index contributed by atoms with van der Waals surface area (Å²) in [7, 11) is 0. The van der Waals surface area contributed by atoms with Crippen LogP contribution in [-0.4, -0.2) is 26.9 Å². The van der Waals surface area contributed by atoms with Crippen LogP contribution < -0.4 is 0 Å². The van der Waals surface area contributed by atoms with Gasteiger partial charge in [0.05, 0.1) is 12.2 Å². The van der Waals surface area contributed by atoms with E-state index < -0.39 is 0 Å². The standard InChI is InChI=1S/C14H24BrN5/c1-2-16-17-11-7-5-3-4-6-8-12-20-13-14(9-10-15)18-19-20/h2,13H,1,3-12H2. The molecule has 0 bridgehead atoms. The minimum atomic E-state index is 0.821. The van der Waals surface area contributed by atoms with Crippen molar-refractivity contribution >= 4 is 15.9 Å². The van der Waals surface area contributed by atoms with Crippen LogP contribution in [0.25, 0.3) is 0 Å². The van der Waals surface area contributed by atoms with E-state index in [0.29, 0.717) is 0 Å². The molecule has 6 heteroatoms. The third-order valence-corrected chi connectivity index (χ3v) is 3.39. The average Bonchev–Trinajstić information content (AvgIpc) is 2.89. The maximum atomic E-state index is 4.13. The molecule has 0 aliphatic heterocycles. The molecule has 1 aromatic rings. The van der Waals surface area contributed by atoms with Gasteiger partial charge in [0.25, 0.3) is 0 Å². The van der Waals surface area contributed by atoms with Gasteiger partial charge in [-0.2, -0.15) is 10.2 Å². The normalized spacial score (nSPS) is 11.2. The Bertz CT molecular complexity index is 389. The van der Waals surface area contributed by atoms with E-state index in [1.807, 2.05) is 10.9 Å². The summed E-state index contributed by atoms with van der Waals surface area (Å²) in [5.41, 5.74) is 1.07. The van der Waals surface area contributed by atoms with Crippen LogP contribution in [0.4, 0.5) is 0 Å². The molecule has 1 aromatic heterocycles. The molecule has 0 aromatic carbocycles. The quantitative estimate of drug-likeness (QED) is 0.325. The molecular weight excluding hydrogens is 318 g/mol. The first kappa shape index (κ1) is 17.0. The van der Waals surface area contributed by atoms with Gasteiger partial charge in [-0.1, -0.05) is 53.4 Å². The van der Waals surface area contributed by atoms with E-state index in [1.54, 1.807) is 0 Å². The molecule has 1 rings (SSSR count). The zero-order valence-corrected chi connectivity index (χ0v) is 13.6. The highest BCUT2D eigenvalue weighted by Gasteiger charge is 1.99. The summed E-state index contributed by atoms with van der Waals surface area (Å²) in [6.07, 6.45) is 11.8. The molecule has 0 atom stereocenters. The fourth-order valence-electron chi connectivity index (χ4n) is 1.94. The third kappa shape index (κ3) is 8.19. The number of hydrogen-bond acceptors (Lipinski definition) is 4. The Morgan fingerprint density at radius 2 is 1.95 bits per heavy atom. The van der Waals surface area contributed by atoms with Crippen molar-refractivity contribution in [2.75, 3.05) is 11.9 Å². The van der Waals surface area contributed by atoms with Crippen LogP contribution in [0.15, 0.2) is 29.2 Å². The zero-order valence-electron chi connectivity index (χ0n) is 12.0. The molecule has 112 valence electrons. The van der Waals surface area contributed by atoms with E-state index in [4.69, 9.17) is 0 Å². The van der Waals surface area contributed by atoms with E-state index in [1.165, 1.54) is 38.3 Å². The molecule has 1 heterocycles. The number of alkyl halides is 1. The Kier molecular flexibility index (Phi) is 10.0. The molecule has 5 nitrogen and oxygen atoms in total. The van der Waals surface area contributed by atoms with E-state index >= 15 is 0 Å². The maximum Gasteiger partial charge on any atom is 0.0835 e. The van der Waals surface area contributed by atoms with Gasteiger partial charge in [0.2, 0.25) is 0 Å². The number of unbranched alkanes of at least 4 members (excludes halogenated alkanes) is 5. The first-order valence-corrected chi connectivity index (χ1v) is 8.41. The summed E-state index contributed by atoms with van der Waals surface area (Å²) in [5, 5.41) is 16.9. The summed E-state index contributed by atoms with van der Waals surface area (Å²) >= 11 is 3.41. The minimum Gasteiger partial charge on any atom is -0.252 e. The van der Waals surface area contributed by atoms with Crippen molar-refractivity contribution in [3.63, 3.8) is 0 Å². The Morgan fingerprint density at radius 1 is 1.20 bits per heavy atom. The van der Waals surface area contributed by atoms with Crippen LogP contribution in [0, 0.1) is 0 Å². The van der Waals surface area contributed by atoms with Crippen LogP contribution in [0.3, 0.4) is 0 Å². The second-order valence-electron chi connectivity index (χ2n) is 4.70. The second-order valence-corrected chi connectivity index (χ2v) is 5.49. The summed E-state index contributed by atoms with van der Waals surface area (Å²) in [6.45, 7) is 5.29. The predicted octanol–water partition coefficient (Wildman–Crippen LogP) is 4.15. The SMILES string of the molecule is C=CN=NCCCCCCCCn1cc(CCBr)nn1. The van der Waals surface area contributed by atoms with Crippen LogP contribution in [0.1, 0.15) is 44.2 Å². The average molecular weight is 342 g/mol. The van der Waals surface area contributed by atoms with Gasteiger partial charge in [0.15, 0.2) is 0 Å². The van der Waals surface area contributed by atoms with Gasteiger partial charge in [-0.05, 0) is 12.8 Å². The van der Waals surface area contributed by atoms with E-state index in [0.717, 1.165) is 37.0 Å². The van der Waals surface area contributed by atoms with Gasteiger partial charge in [0, 0.05) is 30.7 Å². The molecule has 0 saturated carbocycles. The molecular formula is C14H24BrN5. The number of hydrogen-bond donors (Lipinski definition) is 0. The fraction of sp³-hybridized carbons (Fsp3) is 0.714. The lowest BCUT2D eigenvalue weighted by Crippen LogP contribution is -1.98. The highest BCUT2D eigenvalue weighted by atomic mass is 79.9. The smallest absolute Gasteiger partial charge is 0.0835 e. The lowest BCUT2D eigenvalue weighted by Gasteiger charge is -2.01. The van der Waals surface area contributed by atoms with Crippen molar-refractivity contribution in [3.8, 4) is 0 Å². The highest BCUT2D eigenvalue weighted by molar-refractivity contribution is 9.09. The van der Waals surface area contributed by atoms with Gasteiger partial charge < -0.3 is 0 Å². The van der Waals surface area contributed by atoms with Crippen molar-refractivity contribution < 1.29 is 0 Å². The molecule has 0 amide bonds. The second kappa shape index (κ2) is 11.8. The van der Waals surface area contributed by atoms with Crippen molar-refractivity contribution in [1.82, 2.24) is 15.0 Å². The van der Waals surface area contributed by atoms with Gasteiger partial charge in [0.1, 0.15) is 0 Å². The molecule has 0 spiro atoms. The highest BCUT2D eigenvalue weighted by Crippen LogP contribution is 2.07. The van der Waals surface area contributed by atoms with Crippen LogP contribution >= 0.6 is 15.9 Å². The number of nitrogens with zero attached hydrogens (tertiary/aromatic N) is 5. The fourth-order valence-corrected chi connectivity index (χ4v) is 2.34. The summed E-state index contributed by atoms with van der Waals surface area (Å²) in [5.74, 6) is 0. The van der Waals surface area contributed by atoms with Gasteiger partial charge >= 0.3 is 0 Å². The molecule has 0 aliphatic carbocycles. The van der Waals surface area contributed by atoms with E-state index in [2.05, 4.69) is 43.0 Å². The molecule has 0 radical (unpaired) electrons. The van der Waals surface area contributed by atoms with E-state index in [9.17, 15) is 0 Å². The van der Waals surface area contributed by atoms with E-state index in [-0.39, 0.29) is 0 Å². The van der Waals surface area contributed by atoms with Crippen LogP contribution in [0.2, 0.25) is 0 Å². The number of aryl methyl sites for hydroxylation is 2. The summed E-state index contributed by atoms with van der Waals surface area (Å²) in [4.78, 5) is 0. The molecule has 0 unspecified atom stereocenters. The predicted molar refractivity (Wildman–Crippen MR) is 85.1 cm³/mol. The number of aromatic nitrogens is 3. The zero-order chi connectivity index (χ0) is 14.5. The van der Waals surface area contributed by atoms with Crippen LogP contribution in [-0.2, 0) is 13.0 Å². The van der Waals surface area contributed by atoms with Crippen molar-refractivity contribution in [2.45, 2.75) is 51.5 Å². The molecule has 20 heavy (non-hydrogen) atoms. The number of halogens is 1. The number of azo groups is 1. The largest absolute Gasteiger partial charge is 0.252 e. The van der Waals surface area contributed by atoms with Crippen molar-refractivity contribution in [3.05, 3.63) is 24.7 Å². The summed E-state index contributed by atoms with van der Waals surface area (Å²) < 4.78 is 1.95. The Hall–Kier alpha value is -1.04. The van der Waals surface area contributed by atoms with Gasteiger partial charge in [-0.3, -0.25) is 4.68 Å². The molecule has 0 saturated heterocycles. The minimum absolute atomic E-state index is 0.821. The molecule has 0 aliphatic rings. The monoisotopic (exact) mass is 341 g/mol. The Morgan fingerprint density at radius 3 is 2.70 bits per heavy atom. The topological polar surface area (TPSA) is 55.4 Å². The van der Waals surface area contributed by atoms with Gasteiger partial charge in [-0.15, -0.1) is 5.10 Å². The first-order valence-electron chi connectivity index (χ1n) is 7.29.